The number of hydrogen-bond donors (Lipinski definition) is 2. The van der Waals surface area contributed by atoms with E-state index >= 15 is 0 Å². The molecule has 0 saturated carbocycles. The minimum Gasteiger partial charge on any atom is -0.463 e. The SMILES string of the molecule is [2H]CC(=O)OC[C@H]1OC(c2nc(N)c3[nH]cnc3n2)[C@H](OC(=O)C[2H])[C@H]1OC(=O)C[2H]. The highest BCUT2D eigenvalue weighted by atomic mass is 16.6. The minimum atomic E-state index is -1.32. The second-order valence-corrected chi connectivity index (χ2v) is 5.76. The Labute approximate surface area is 162 Å². The van der Waals surface area contributed by atoms with Crippen LogP contribution in [0.1, 0.15) is 36.7 Å². The molecule has 2 aromatic heterocycles. The number of anilines is 1. The first-order chi connectivity index (χ1) is 14.9. The molecule has 0 amide bonds. The van der Waals surface area contributed by atoms with Crippen molar-refractivity contribution in [2.75, 3.05) is 12.3 Å². The van der Waals surface area contributed by atoms with E-state index in [9.17, 15) is 14.4 Å². The molecule has 1 aliphatic rings. The molecule has 2 aromatic rings. The first-order valence-corrected chi connectivity index (χ1v) is 7.92. The summed E-state index contributed by atoms with van der Waals surface area (Å²) in [5.41, 5.74) is 6.50. The number of carbonyl (C=O) groups is 3. The van der Waals surface area contributed by atoms with Gasteiger partial charge >= 0.3 is 17.9 Å². The monoisotopic (exact) mass is 396 g/mol. The van der Waals surface area contributed by atoms with E-state index in [0.29, 0.717) is 5.52 Å². The maximum atomic E-state index is 11.9. The van der Waals surface area contributed by atoms with Crippen molar-refractivity contribution >= 4 is 34.9 Å². The first kappa shape index (κ1) is 15.7. The Kier molecular flexibility index (Phi) is 4.36. The number of aromatic nitrogens is 4. The number of hydrogen-bond acceptors (Lipinski definition) is 11. The molecule has 3 rings (SSSR count). The highest BCUT2D eigenvalue weighted by Crippen LogP contribution is 2.37. The number of ether oxygens (including phenoxy) is 4. The summed E-state index contributed by atoms with van der Waals surface area (Å²) in [5, 5.41) is 0. The van der Waals surface area contributed by atoms with Crippen LogP contribution >= 0.6 is 0 Å². The van der Waals surface area contributed by atoms with E-state index in [1.54, 1.807) is 0 Å². The van der Waals surface area contributed by atoms with Gasteiger partial charge in [-0.3, -0.25) is 14.4 Å². The highest BCUT2D eigenvalue weighted by Gasteiger charge is 2.51. The summed E-state index contributed by atoms with van der Waals surface area (Å²) in [6.07, 6.45) is -3.59. The third kappa shape index (κ3) is 4.01. The maximum absolute atomic E-state index is 11.9. The molecule has 1 aliphatic heterocycles. The molecule has 12 heteroatoms. The Bertz CT molecular complexity index is 974. The van der Waals surface area contributed by atoms with E-state index in [0.717, 1.165) is 0 Å². The zero-order chi connectivity index (χ0) is 22.5. The molecule has 0 spiro atoms. The number of carbonyl (C=O) groups excluding carboxylic acids is 3. The molecule has 0 aromatic carbocycles. The maximum Gasteiger partial charge on any atom is 0.303 e. The number of H-pyrrole nitrogens is 1. The quantitative estimate of drug-likeness (QED) is 0.507. The van der Waals surface area contributed by atoms with Gasteiger partial charge < -0.3 is 29.7 Å². The fraction of sp³-hybridized carbons (Fsp3) is 0.500. The van der Waals surface area contributed by atoms with Crippen LogP contribution in [0.4, 0.5) is 5.82 Å². The third-order valence-corrected chi connectivity index (χ3v) is 3.84. The van der Waals surface area contributed by atoms with Crippen molar-refractivity contribution in [2.45, 2.75) is 45.1 Å². The van der Waals surface area contributed by atoms with E-state index in [1.807, 2.05) is 0 Å². The van der Waals surface area contributed by atoms with E-state index in [4.69, 9.17) is 28.8 Å². The molecule has 1 fully saturated rings. The predicted octanol–water partition coefficient (Wildman–Crippen LogP) is -0.199. The largest absolute Gasteiger partial charge is 0.463 e. The van der Waals surface area contributed by atoms with Crippen LogP contribution in [0.5, 0.6) is 0 Å². The van der Waals surface area contributed by atoms with E-state index < -0.39 is 69.6 Å². The number of nitrogens with two attached hydrogens (primary N) is 1. The predicted molar refractivity (Wildman–Crippen MR) is 91.5 cm³/mol. The van der Waals surface area contributed by atoms with Crippen molar-refractivity contribution in [1.82, 2.24) is 19.9 Å². The Morgan fingerprint density at radius 1 is 1.18 bits per heavy atom. The summed E-state index contributed by atoms with van der Waals surface area (Å²) in [7, 11) is 0. The molecule has 1 saturated heterocycles. The Morgan fingerprint density at radius 2 is 1.89 bits per heavy atom. The van der Waals surface area contributed by atoms with Crippen molar-refractivity contribution in [3.63, 3.8) is 0 Å². The highest BCUT2D eigenvalue weighted by molar-refractivity contribution is 5.80. The summed E-state index contributed by atoms with van der Waals surface area (Å²) >= 11 is 0. The Balaban J connectivity index is 1.98. The molecule has 1 unspecified atom stereocenters. The van der Waals surface area contributed by atoms with Gasteiger partial charge in [0.25, 0.3) is 0 Å². The van der Waals surface area contributed by atoms with E-state index in [1.165, 1.54) is 6.33 Å². The van der Waals surface area contributed by atoms with Gasteiger partial charge in [-0.15, -0.1) is 0 Å². The zero-order valence-electron chi connectivity index (χ0n) is 17.5. The summed E-state index contributed by atoms with van der Waals surface area (Å²) in [4.78, 5) is 50.2. The summed E-state index contributed by atoms with van der Waals surface area (Å²) in [6, 6.07) is 0. The van der Waals surface area contributed by atoms with Crippen LogP contribution in [0.25, 0.3) is 11.2 Å². The van der Waals surface area contributed by atoms with E-state index in [-0.39, 0.29) is 17.3 Å². The average Bonchev–Trinajstić information content (AvgIpc) is 3.37. The number of aromatic amines is 1. The lowest BCUT2D eigenvalue weighted by molar-refractivity contribution is -0.165. The summed E-state index contributed by atoms with van der Waals surface area (Å²) < 4.78 is 42.6. The number of rotatable bonds is 5. The second-order valence-electron chi connectivity index (χ2n) is 5.76. The van der Waals surface area contributed by atoms with Gasteiger partial charge in [0.15, 0.2) is 35.6 Å². The zero-order valence-corrected chi connectivity index (χ0v) is 14.5. The van der Waals surface area contributed by atoms with Crippen LogP contribution in [0.2, 0.25) is 0 Å². The molecule has 0 bridgehead atoms. The fourth-order valence-electron chi connectivity index (χ4n) is 2.82. The van der Waals surface area contributed by atoms with Crippen molar-refractivity contribution in [1.29, 1.82) is 0 Å². The molecular weight excluding hydrogens is 374 g/mol. The normalized spacial score (nSPS) is 25.5. The molecule has 28 heavy (non-hydrogen) atoms. The van der Waals surface area contributed by atoms with Crippen LogP contribution in [-0.2, 0) is 33.3 Å². The molecule has 0 radical (unpaired) electrons. The molecular formula is C16H19N5O7. The minimum absolute atomic E-state index is 0.0375. The lowest BCUT2D eigenvalue weighted by Gasteiger charge is -2.23. The van der Waals surface area contributed by atoms with Gasteiger partial charge in [0.05, 0.1) is 6.33 Å². The van der Waals surface area contributed by atoms with Crippen LogP contribution in [0.15, 0.2) is 6.33 Å². The average molecular weight is 396 g/mol. The smallest absolute Gasteiger partial charge is 0.303 e. The molecule has 4 atom stereocenters. The first-order valence-electron chi connectivity index (χ1n) is 10.0. The van der Waals surface area contributed by atoms with Gasteiger partial charge in [0.2, 0.25) is 0 Å². The number of fused-ring (bicyclic) bond motifs is 1. The van der Waals surface area contributed by atoms with Gasteiger partial charge in [-0.05, 0) is 0 Å². The Hall–Kier alpha value is -3.28. The molecule has 150 valence electrons. The molecule has 12 nitrogen and oxygen atoms in total. The van der Waals surface area contributed by atoms with Crippen molar-refractivity contribution < 1.29 is 37.4 Å². The molecule has 3 N–H and O–H groups in total. The van der Waals surface area contributed by atoms with Crippen LogP contribution in [-0.4, -0.2) is 62.8 Å². The summed E-state index contributed by atoms with van der Waals surface area (Å²) in [5.74, 6) is -2.74. The number of nitrogen functional groups attached to an aromatic ring is 1. The van der Waals surface area contributed by atoms with Crippen LogP contribution < -0.4 is 5.73 Å². The van der Waals surface area contributed by atoms with Crippen LogP contribution in [0.3, 0.4) is 0 Å². The van der Waals surface area contributed by atoms with E-state index in [2.05, 4.69) is 19.9 Å². The number of nitrogens with one attached hydrogen (secondary N) is 1. The lowest BCUT2D eigenvalue weighted by atomic mass is 10.1. The van der Waals surface area contributed by atoms with Gasteiger partial charge in [-0.2, -0.15) is 0 Å². The second kappa shape index (κ2) is 7.76. The standard InChI is InChI=1S/C16H19N5O7/c1-6(22)25-4-9-11(26-7(2)23)12(27-8(3)24)13(28-9)16-20-14(17)10-15(21-16)19-5-18-10/h5,9,11-13H,4H2,1-3H3,(H3,17,18,19,20,21)/t9-,11+,12-,13?/m1/s1/i1D,2D,3D. The third-order valence-electron chi connectivity index (χ3n) is 3.84. The van der Waals surface area contributed by atoms with Gasteiger partial charge in [-0.25, -0.2) is 15.0 Å². The Morgan fingerprint density at radius 3 is 2.61 bits per heavy atom. The fourth-order valence-corrected chi connectivity index (χ4v) is 2.82. The summed E-state index contributed by atoms with van der Waals surface area (Å²) in [6.45, 7) is -2.51. The van der Waals surface area contributed by atoms with Crippen molar-refractivity contribution in [3.05, 3.63) is 12.2 Å². The number of nitrogens with zero attached hydrogens (tertiary/aromatic N) is 3. The van der Waals surface area contributed by atoms with Gasteiger partial charge in [0, 0.05) is 24.8 Å². The van der Waals surface area contributed by atoms with Crippen molar-refractivity contribution in [2.24, 2.45) is 0 Å². The van der Waals surface area contributed by atoms with Gasteiger partial charge in [-0.1, -0.05) is 0 Å². The number of esters is 3. The topological polar surface area (TPSA) is 169 Å². The molecule has 3 heterocycles. The molecule has 0 aliphatic carbocycles. The van der Waals surface area contributed by atoms with Crippen molar-refractivity contribution in [3.8, 4) is 0 Å². The van der Waals surface area contributed by atoms with Crippen LogP contribution in [0, 0.1) is 0 Å². The lowest BCUT2D eigenvalue weighted by Crippen LogP contribution is -2.40. The van der Waals surface area contributed by atoms with Gasteiger partial charge in [0.1, 0.15) is 18.2 Å². The number of imidazole rings is 1.